The van der Waals surface area contributed by atoms with Gasteiger partial charge in [0, 0.05) is 10.0 Å². The highest BCUT2D eigenvalue weighted by Crippen LogP contribution is 2.36. The smallest absolute Gasteiger partial charge is 0.413 e. The molecule has 0 spiro atoms. The summed E-state index contributed by atoms with van der Waals surface area (Å²) in [5, 5.41) is 4.18. The van der Waals surface area contributed by atoms with E-state index >= 15 is 0 Å². The zero-order valence-electron chi connectivity index (χ0n) is 13.4. The van der Waals surface area contributed by atoms with Gasteiger partial charge in [0.15, 0.2) is 5.17 Å². The lowest BCUT2D eigenvalue weighted by atomic mass is 9.91. The second kappa shape index (κ2) is 7.23. The molecule has 1 aliphatic heterocycles. The Morgan fingerprint density at radius 3 is 2.79 bits per heavy atom. The predicted molar refractivity (Wildman–Crippen MR) is 95.3 cm³/mol. The van der Waals surface area contributed by atoms with E-state index in [1.54, 1.807) is 26.2 Å². The predicted octanol–water partition coefficient (Wildman–Crippen LogP) is 4.89. The first kappa shape index (κ1) is 18.9. The summed E-state index contributed by atoms with van der Waals surface area (Å²) in [5.74, 6) is -0.576. The molecule has 1 amide bonds. The molecule has 2 rings (SSSR count). The van der Waals surface area contributed by atoms with E-state index < -0.39 is 29.7 Å². The Labute approximate surface area is 151 Å². The van der Waals surface area contributed by atoms with Crippen molar-refractivity contribution in [1.29, 1.82) is 0 Å². The highest BCUT2D eigenvalue weighted by molar-refractivity contribution is 9.10. The minimum atomic E-state index is -1.52. The molecule has 1 N–H and O–H groups in total. The van der Waals surface area contributed by atoms with Gasteiger partial charge in [-0.25, -0.2) is 18.6 Å². The number of hydrogen-bond donors (Lipinski definition) is 1. The normalized spacial score (nSPS) is 20.5. The Bertz CT molecular complexity index is 704. The van der Waals surface area contributed by atoms with Crippen molar-refractivity contribution in [3.05, 3.63) is 45.5 Å². The minimum Gasteiger partial charge on any atom is -0.444 e. The number of halogens is 3. The second-order valence-electron chi connectivity index (χ2n) is 6.15. The van der Waals surface area contributed by atoms with Crippen LogP contribution in [0, 0.1) is 5.82 Å². The van der Waals surface area contributed by atoms with Crippen LogP contribution in [0.2, 0.25) is 0 Å². The standard InChI is InChI=1S/C16H17BrF2N2O2S/c1-15(2,3)23-14(22)20-13-21-16(9-18,6-7-24-13)11-8-10(17)4-5-12(11)19/h4-8H,9H2,1-3H3,(H,20,21,22)/t16-/m1/s1. The summed E-state index contributed by atoms with van der Waals surface area (Å²) in [6, 6.07) is 4.24. The summed E-state index contributed by atoms with van der Waals surface area (Å²) in [7, 11) is 0. The lowest BCUT2D eigenvalue weighted by molar-refractivity contribution is 0.0564. The van der Waals surface area contributed by atoms with Crippen molar-refractivity contribution in [3.63, 3.8) is 0 Å². The van der Waals surface area contributed by atoms with Gasteiger partial charge in [0.05, 0.1) is 0 Å². The Hall–Kier alpha value is -1.41. The van der Waals surface area contributed by atoms with Crippen molar-refractivity contribution >= 4 is 39.0 Å². The number of carbonyl (C=O) groups excluding carboxylic acids is 1. The van der Waals surface area contributed by atoms with Crippen LogP contribution in [0.4, 0.5) is 13.6 Å². The van der Waals surface area contributed by atoms with E-state index in [0.717, 1.165) is 11.8 Å². The number of alkyl halides is 1. The largest absolute Gasteiger partial charge is 0.444 e. The van der Waals surface area contributed by atoms with E-state index in [4.69, 9.17) is 4.74 Å². The topological polar surface area (TPSA) is 50.7 Å². The third-order valence-corrected chi connectivity index (χ3v) is 4.21. The van der Waals surface area contributed by atoms with E-state index in [2.05, 4.69) is 26.2 Å². The number of nitrogens with zero attached hydrogens (tertiary/aromatic N) is 1. The van der Waals surface area contributed by atoms with Crippen LogP contribution in [0.25, 0.3) is 0 Å². The van der Waals surface area contributed by atoms with Gasteiger partial charge < -0.3 is 4.74 Å². The molecule has 0 aromatic heterocycles. The fourth-order valence-electron chi connectivity index (χ4n) is 2.03. The summed E-state index contributed by atoms with van der Waals surface area (Å²) >= 11 is 4.34. The summed E-state index contributed by atoms with van der Waals surface area (Å²) in [5.41, 5.74) is -2.11. The van der Waals surface area contributed by atoms with Crippen molar-refractivity contribution in [2.75, 3.05) is 6.67 Å². The third kappa shape index (κ3) is 4.57. The number of aliphatic imine (C=N–C) groups is 1. The van der Waals surface area contributed by atoms with Crippen LogP contribution >= 0.6 is 27.7 Å². The number of nitrogens with one attached hydrogen (secondary N) is 1. The van der Waals surface area contributed by atoms with Gasteiger partial charge in [-0.2, -0.15) is 0 Å². The fraction of sp³-hybridized carbons (Fsp3) is 0.375. The Balaban J connectivity index is 2.32. The molecule has 0 unspecified atom stereocenters. The first-order valence-corrected chi connectivity index (χ1v) is 8.78. The maximum Gasteiger partial charge on any atom is 0.413 e. The molecule has 0 radical (unpaired) electrons. The zero-order chi connectivity index (χ0) is 18.0. The highest BCUT2D eigenvalue weighted by Gasteiger charge is 2.35. The van der Waals surface area contributed by atoms with Gasteiger partial charge in [-0.3, -0.25) is 5.32 Å². The molecule has 1 aliphatic rings. The average Bonchev–Trinajstić information content (AvgIpc) is 2.47. The number of carbonyl (C=O) groups is 1. The van der Waals surface area contributed by atoms with Crippen molar-refractivity contribution in [2.45, 2.75) is 31.9 Å². The number of benzene rings is 1. The van der Waals surface area contributed by atoms with Gasteiger partial charge in [0.2, 0.25) is 0 Å². The molecule has 0 saturated carbocycles. The summed E-state index contributed by atoms with van der Waals surface area (Å²) in [6.45, 7) is 4.23. The van der Waals surface area contributed by atoms with Gasteiger partial charge in [0.1, 0.15) is 23.6 Å². The van der Waals surface area contributed by atoms with Crippen molar-refractivity contribution < 1.29 is 18.3 Å². The molecule has 4 nitrogen and oxygen atoms in total. The quantitative estimate of drug-likeness (QED) is 0.743. The van der Waals surface area contributed by atoms with Gasteiger partial charge in [-0.05, 0) is 50.5 Å². The second-order valence-corrected chi connectivity index (χ2v) is 7.96. The van der Waals surface area contributed by atoms with Crippen LogP contribution in [0.15, 0.2) is 39.1 Å². The zero-order valence-corrected chi connectivity index (χ0v) is 15.8. The number of ether oxygens (including phenoxy) is 1. The summed E-state index contributed by atoms with van der Waals surface area (Å²) < 4.78 is 33.8. The lowest BCUT2D eigenvalue weighted by Crippen LogP contribution is -2.38. The number of amidine groups is 1. The van der Waals surface area contributed by atoms with Crippen molar-refractivity contribution in [2.24, 2.45) is 4.99 Å². The average molecular weight is 419 g/mol. The summed E-state index contributed by atoms with van der Waals surface area (Å²) in [6.07, 6.45) is 0.773. The number of alkyl carbamates (subject to hydrolysis) is 1. The van der Waals surface area contributed by atoms with E-state index in [1.807, 2.05) is 0 Å². The SMILES string of the molecule is CC(C)(C)OC(=O)NC1=N[C@](CF)(c2cc(Br)ccc2F)C=CS1. The lowest BCUT2D eigenvalue weighted by Gasteiger charge is -2.28. The number of amides is 1. The van der Waals surface area contributed by atoms with Crippen LogP contribution < -0.4 is 5.32 Å². The van der Waals surface area contributed by atoms with E-state index in [-0.39, 0.29) is 10.7 Å². The van der Waals surface area contributed by atoms with Gasteiger partial charge in [-0.15, -0.1) is 0 Å². The molecule has 1 aromatic rings. The number of hydrogen-bond acceptors (Lipinski definition) is 4. The van der Waals surface area contributed by atoms with Crippen LogP contribution in [0.1, 0.15) is 26.3 Å². The van der Waals surface area contributed by atoms with Crippen molar-refractivity contribution in [1.82, 2.24) is 5.32 Å². The van der Waals surface area contributed by atoms with E-state index in [1.165, 1.54) is 24.3 Å². The minimum absolute atomic E-state index is 0.0828. The first-order valence-electron chi connectivity index (χ1n) is 7.11. The Morgan fingerprint density at radius 2 is 2.17 bits per heavy atom. The monoisotopic (exact) mass is 418 g/mol. The third-order valence-electron chi connectivity index (χ3n) is 3.03. The molecule has 1 heterocycles. The molecule has 0 fully saturated rings. The van der Waals surface area contributed by atoms with E-state index in [9.17, 15) is 13.6 Å². The van der Waals surface area contributed by atoms with Gasteiger partial charge >= 0.3 is 6.09 Å². The number of rotatable bonds is 2. The maximum absolute atomic E-state index is 14.2. The van der Waals surface area contributed by atoms with Crippen molar-refractivity contribution in [3.8, 4) is 0 Å². The van der Waals surface area contributed by atoms with Crippen LogP contribution in [0.3, 0.4) is 0 Å². The molecule has 1 aromatic carbocycles. The molecule has 1 atom stereocenters. The maximum atomic E-state index is 14.2. The van der Waals surface area contributed by atoms with Gasteiger partial charge in [0.25, 0.3) is 0 Å². The Morgan fingerprint density at radius 1 is 1.46 bits per heavy atom. The molecular weight excluding hydrogens is 402 g/mol. The van der Waals surface area contributed by atoms with Crippen LogP contribution in [-0.2, 0) is 10.3 Å². The van der Waals surface area contributed by atoms with E-state index in [0.29, 0.717) is 4.47 Å². The highest BCUT2D eigenvalue weighted by atomic mass is 79.9. The van der Waals surface area contributed by atoms with Gasteiger partial charge in [-0.1, -0.05) is 27.7 Å². The molecule has 0 saturated heterocycles. The molecule has 130 valence electrons. The molecule has 8 heteroatoms. The van der Waals surface area contributed by atoms with Crippen LogP contribution in [-0.4, -0.2) is 23.5 Å². The number of thioether (sulfide) groups is 1. The Kier molecular flexibility index (Phi) is 5.70. The summed E-state index contributed by atoms with van der Waals surface area (Å²) in [4.78, 5) is 16.1. The fourth-order valence-corrected chi connectivity index (χ4v) is 3.17. The molecule has 0 aliphatic carbocycles. The van der Waals surface area contributed by atoms with Crippen LogP contribution in [0.5, 0.6) is 0 Å². The molecular formula is C16H17BrF2N2O2S. The molecule has 0 bridgehead atoms. The first-order chi connectivity index (χ1) is 11.1. The molecule has 24 heavy (non-hydrogen) atoms.